The van der Waals surface area contributed by atoms with E-state index in [4.69, 9.17) is 4.74 Å². The molecule has 0 aromatic heterocycles. The average molecular weight is 380 g/mol. The van der Waals surface area contributed by atoms with Crippen molar-refractivity contribution in [2.75, 3.05) is 0 Å². The molecule has 0 aliphatic rings. The highest BCUT2D eigenvalue weighted by Crippen LogP contribution is 2.25. The van der Waals surface area contributed by atoms with Crippen LogP contribution in [0.15, 0.2) is 48.0 Å². The molecule has 2 rings (SSSR count). The highest BCUT2D eigenvalue weighted by Gasteiger charge is 2.14. The highest BCUT2D eigenvalue weighted by molar-refractivity contribution is 7.97. The first-order valence-electron chi connectivity index (χ1n) is 8.95. The molecule has 0 saturated carbocycles. The first kappa shape index (κ1) is 20.8. The SMILES string of the molecule is Cc1cc(/C=C(\C#N)C(=O)OC(C)C)c(C)c(CSCc2ccccc2)c1. The van der Waals surface area contributed by atoms with Crippen molar-refractivity contribution in [2.45, 2.75) is 45.3 Å². The molecular formula is C23H25NO2S. The minimum Gasteiger partial charge on any atom is -0.459 e. The van der Waals surface area contributed by atoms with Crippen molar-refractivity contribution >= 4 is 23.8 Å². The summed E-state index contributed by atoms with van der Waals surface area (Å²) in [6.45, 7) is 7.60. The topological polar surface area (TPSA) is 50.1 Å². The molecule has 0 radical (unpaired) electrons. The molecule has 2 aromatic carbocycles. The van der Waals surface area contributed by atoms with Gasteiger partial charge in [0.15, 0.2) is 0 Å². The highest BCUT2D eigenvalue weighted by atomic mass is 32.2. The Morgan fingerprint density at radius 1 is 1.19 bits per heavy atom. The number of ether oxygens (including phenoxy) is 1. The maximum absolute atomic E-state index is 12.1. The van der Waals surface area contributed by atoms with E-state index in [9.17, 15) is 10.1 Å². The number of nitriles is 1. The summed E-state index contributed by atoms with van der Waals surface area (Å²) in [4.78, 5) is 12.1. The van der Waals surface area contributed by atoms with Crippen molar-refractivity contribution < 1.29 is 9.53 Å². The van der Waals surface area contributed by atoms with Gasteiger partial charge in [0.25, 0.3) is 0 Å². The molecule has 0 atom stereocenters. The standard InChI is InChI=1S/C23H25NO2S/c1-16(2)26-23(25)21(13-24)12-20-10-17(3)11-22(18(20)4)15-27-14-19-8-6-5-7-9-19/h5-12,16H,14-15H2,1-4H3/b21-12+. The number of thioether (sulfide) groups is 1. The Morgan fingerprint density at radius 2 is 1.89 bits per heavy atom. The van der Waals surface area contributed by atoms with Crippen LogP contribution in [0.25, 0.3) is 6.08 Å². The summed E-state index contributed by atoms with van der Waals surface area (Å²) in [5.41, 5.74) is 5.64. The Morgan fingerprint density at radius 3 is 2.52 bits per heavy atom. The van der Waals surface area contributed by atoms with Crippen LogP contribution >= 0.6 is 11.8 Å². The monoisotopic (exact) mass is 379 g/mol. The van der Waals surface area contributed by atoms with Gasteiger partial charge >= 0.3 is 5.97 Å². The van der Waals surface area contributed by atoms with Gasteiger partial charge in [-0.25, -0.2) is 4.79 Å². The lowest BCUT2D eigenvalue weighted by molar-refractivity contribution is -0.142. The molecule has 27 heavy (non-hydrogen) atoms. The van der Waals surface area contributed by atoms with E-state index in [2.05, 4.69) is 30.3 Å². The molecule has 0 unspecified atom stereocenters. The smallest absolute Gasteiger partial charge is 0.349 e. The molecule has 0 spiro atoms. The Balaban J connectivity index is 2.19. The van der Waals surface area contributed by atoms with Crippen LogP contribution in [0.1, 0.15) is 41.7 Å². The number of benzene rings is 2. The molecule has 2 aromatic rings. The maximum Gasteiger partial charge on any atom is 0.349 e. The van der Waals surface area contributed by atoms with E-state index in [1.54, 1.807) is 19.9 Å². The number of esters is 1. The third-order valence-electron chi connectivity index (χ3n) is 4.05. The predicted octanol–water partition coefficient (Wildman–Crippen LogP) is 5.60. The van der Waals surface area contributed by atoms with E-state index in [-0.39, 0.29) is 11.7 Å². The quantitative estimate of drug-likeness (QED) is 0.357. The average Bonchev–Trinajstić information content (AvgIpc) is 2.63. The van der Waals surface area contributed by atoms with Crippen LogP contribution in [0.2, 0.25) is 0 Å². The van der Waals surface area contributed by atoms with Gasteiger partial charge in [0.1, 0.15) is 11.6 Å². The molecule has 4 heteroatoms. The number of hydrogen-bond donors (Lipinski definition) is 0. The zero-order valence-corrected chi connectivity index (χ0v) is 17.1. The summed E-state index contributed by atoms with van der Waals surface area (Å²) >= 11 is 1.85. The summed E-state index contributed by atoms with van der Waals surface area (Å²) in [5, 5.41) is 9.34. The molecule has 0 amide bonds. The Bertz CT molecular complexity index is 864. The van der Waals surface area contributed by atoms with Crippen LogP contribution in [-0.4, -0.2) is 12.1 Å². The lowest BCUT2D eigenvalue weighted by atomic mass is 9.98. The second-order valence-corrected chi connectivity index (χ2v) is 7.73. The third kappa shape index (κ3) is 6.30. The maximum atomic E-state index is 12.1. The zero-order valence-electron chi connectivity index (χ0n) is 16.3. The van der Waals surface area contributed by atoms with Crippen molar-refractivity contribution in [1.29, 1.82) is 5.26 Å². The minimum absolute atomic E-state index is 0.0280. The van der Waals surface area contributed by atoms with E-state index in [0.717, 1.165) is 28.2 Å². The number of nitrogens with zero attached hydrogens (tertiary/aromatic N) is 1. The van der Waals surface area contributed by atoms with Crippen molar-refractivity contribution in [2.24, 2.45) is 0 Å². The normalized spacial score (nSPS) is 11.3. The van der Waals surface area contributed by atoms with Gasteiger partial charge in [0.05, 0.1) is 6.10 Å². The number of hydrogen-bond acceptors (Lipinski definition) is 4. The van der Waals surface area contributed by atoms with E-state index >= 15 is 0 Å². The number of aryl methyl sites for hydroxylation is 1. The molecule has 0 saturated heterocycles. The van der Waals surface area contributed by atoms with Gasteiger partial charge < -0.3 is 4.74 Å². The predicted molar refractivity (Wildman–Crippen MR) is 112 cm³/mol. The largest absolute Gasteiger partial charge is 0.459 e. The lowest BCUT2D eigenvalue weighted by Crippen LogP contribution is -2.12. The lowest BCUT2D eigenvalue weighted by Gasteiger charge is -2.12. The van der Waals surface area contributed by atoms with Crippen LogP contribution in [0.5, 0.6) is 0 Å². The minimum atomic E-state index is -0.576. The second-order valence-electron chi connectivity index (χ2n) is 6.74. The van der Waals surface area contributed by atoms with E-state index in [1.807, 2.05) is 43.8 Å². The fourth-order valence-corrected chi connectivity index (χ4v) is 3.74. The first-order chi connectivity index (χ1) is 12.9. The number of carbonyl (C=O) groups excluding carboxylic acids is 1. The first-order valence-corrected chi connectivity index (χ1v) is 10.1. The Kier molecular flexibility index (Phi) is 7.69. The molecule has 0 heterocycles. The molecule has 0 bridgehead atoms. The van der Waals surface area contributed by atoms with Gasteiger partial charge in [-0.2, -0.15) is 17.0 Å². The molecule has 0 aliphatic heterocycles. The molecule has 140 valence electrons. The van der Waals surface area contributed by atoms with Crippen molar-refractivity contribution in [1.82, 2.24) is 0 Å². The van der Waals surface area contributed by atoms with Crippen molar-refractivity contribution in [3.8, 4) is 6.07 Å². The van der Waals surface area contributed by atoms with Crippen molar-refractivity contribution in [3.05, 3.63) is 75.9 Å². The number of rotatable bonds is 7. The van der Waals surface area contributed by atoms with Gasteiger partial charge in [-0.15, -0.1) is 0 Å². The van der Waals surface area contributed by atoms with Crippen LogP contribution in [-0.2, 0) is 21.0 Å². The third-order valence-corrected chi connectivity index (χ3v) is 5.10. The van der Waals surface area contributed by atoms with Gasteiger partial charge in [0.2, 0.25) is 0 Å². The number of carbonyl (C=O) groups is 1. The van der Waals surface area contributed by atoms with Crippen LogP contribution in [0, 0.1) is 25.2 Å². The fourth-order valence-electron chi connectivity index (χ4n) is 2.69. The van der Waals surface area contributed by atoms with Crippen LogP contribution < -0.4 is 0 Å². The van der Waals surface area contributed by atoms with Gasteiger partial charge in [-0.3, -0.25) is 0 Å². The molecular weight excluding hydrogens is 354 g/mol. The van der Waals surface area contributed by atoms with Crippen molar-refractivity contribution in [3.63, 3.8) is 0 Å². The molecule has 3 nitrogen and oxygen atoms in total. The summed E-state index contributed by atoms with van der Waals surface area (Å²) in [6.07, 6.45) is 1.39. The van der Waals surface area contributed by atoms with Crippen LogP contribution in [0.4, 0.5) is 0 Å². The van der Waals surface area contributed by atoms with Gasteiger partial charge in [0, 0.05) is 11.5 Å². The summed E-state index contributed by atoms with van der Waals surface area (Å²) < 4.78 is 5.16. The van der Waals surface area contributed by atoms with E-state index in [0.29, 0.717) is 0 Å². The fraction of sp³-hybridized carbons (Fsp3) is 0.304. The Hall–Kier alpha value is -2.51. The van der Waals surface area contributed by atoms with Crippen LogP contribution in [0.3, 0.4) is 0 Å². The summed E-state index contributed by atoms with van der Waals surface area (Å²) in [5.74, 6) is 1.25. The van der Waals surface area contributed by atoms with Gasteiger partial charge in [-0.1, -0.05) is 48.0 Å². The van der Waals surface area contributed by atoms with Gasteiger partial charge in [-0.05, 0) is 56.0 Å². The van der Waals surface area contributed by atoms with E-state index in [1.165, 1.54) is 11.1 Å². The molecule has 0 fully saturated rings. The Labute approximate surface area is 166 Å². The van der Waals surface area contributed by atoms with E-state index < -0.39 is 5.97 Å². The molecule has 0 N–H and O–H groups in total. The zero-order chi connectivity index (χ0) is 19.8. The summed E-state index contributed by atoms with van der Waals surface area (Å²) in [7, 11) is 0. The second kappa shape index (κ2) is 9.99. The molecule has 0 aliphatic carbocycles. The summed E-state index contributed by atoms with van der Waals surface area (Å²) in [6, 6.07) is 16.5.